The smallest absolute Gasteiger partial charge is 0.0236 e. The van der Waals surface area contributed by atoms with E-state index < -0.39 is 0 Å². The highest BCUT2D eigenvalue weighted by Gasteiger charge is 2.13. The summed E-state index contributed by atoms with van der Waals surface area (Å²) in [6.45, 7) is 10.3. The van der Waals surface area contributed by atoms with E-state index in [1.165, 1.54) is 37.1 Å². The van der Waals surface area contributed by atoms with Gasteiger partial charge in [0.25, 0.3) is 0 Å². The fraction of sp³-hybridized carbons (Fsp3) is 0.625. The molecule has 100 valence electrons. The van der Waals surface area contributed by atoms with Gasteiger partial charge in [0.1, 0.15) is 0 Å². The molecule has 0 amide bonds. The van der Waals surface area contributed by atoms with Crippen LogP contribution in [0.4, 0.5) is 0 Å². The van der Waals surface area contributed by atoms with Crippen molar-refractivity contribution in [2.24, 2.45) is 5.92 Å². The van der Waals surface area contributed by atoms with Crippen LogP contribution in [0.15, 0.2) is 24.3 Å². The second-order valence-electron chi connectivity index (χ2n) is 5.78. The molecule has 0 radical (unpaired) electrons. The van der Waals surface area contributed by atoms with Crippen LogP contribution in [0.2, 0.25) is 0 Å². The summed E-state index contributed by atoms with van der Waals surface area (Å²) in [5.41, 5.74) is 2.96. The van der Waals surface area contributed by atoms with Crippen molar-refractivity contribution in [3.63, 3.8) is 0 Å². The van der Waals surface area contributed by atoms with Crippen LogP contribution in [-0.4, -0.2) is 24.5 Å². The predicted molar refractivity (Wildman–Crippen MR) is 77.5 cm³/mol. The van der Waals surface area contributed by atoms with Crippen molar-refractivity contribution in [1.82, 2.24) is 10.2 Å². The normalized spacial score (nSPS) is 16.6. The maximum atomic E-state index is 3.55. The Kier molecular flexibility index (Phi) is 5.21. The number of rotatable bonds is 6. The Balaban J connectivity index is 1.91. The van der Waals surface area contributed by atoms with E-state index in [9.17, 15) is 0 Å². The zero-order valence-corrected chi connectivity index (χ0v) is 11.8. The van der Waals surface area contributed by atoms with Crippen LogP contribution in [0.5, 0.6) is 0 Å². The van der Waals surface area contributed by atoms with Crippen molar-refractivity contribution in [2.75, 3.05) is 19.6 Å². The first-order chi connectivity index (χ1) is 8.75. The molecule has 0 aliphatic carbocycles. The van der Waals surface area contributed by atoms with Gasteiger partial charge in [-0.05, 0) is 49.5 Å². The zero-order valence-electron chi connectivity index (χ0n) is 11.8. The van der Waals surface area contributed by atoms with Crippen LogP contribution in [0, 0.1) is 5.92 Å². The van der Waals surface area contributed by atoms with E-state index in [4.69, 9.17) is 0 Å². The highest BCUT2D eigenvalue weighted by atomic mass is 15.1. The van der Waals surface area contributed by atoms with Crippen molar-refractivity contribution >= 4 is 0 Å². The first-order valence-electron chi connectivity index (χ1n) is 7.25. The molecule has 1 aliphatic heterocycles. The van der Waals surface area contributed by atoms with E-state index in [2.05, 4.69) is 48.3 Å². The van der Waals surface area contributed by atoms with Gasteiger partial charge in [0.2, 0.25) is 0 Å². The van der Waals surface area contributed by atoms with E-state index in [-0.39, 0.29) is 0 Å². The van der Waals surface area contributed by atoms with Gasteiger partial charge in [-0.15, -0.1) is 0 Å². The number of likely N-dealkylation sites (tertiary alicyclic amines) is 1. The summed E-state index contributed by atoms with van der Waals surface area (Å²) in [6, 6.07) is 8.86. The summed E-state index contributed by atoms with van der Waals surface area (Å²) < 4.78 is 0. The summed E-state index contributed by atoms with van der Waals surface area (Å²) in [5, 5.41) is 3.55. The lowest BCUT2D eigenvalue weighted by molar-refractivity contribution is 0.330. The quantitative estimate of drug-likeness (QED) is 0.830. The van der Waals surface area contributed by atoms with Gasteiger partial charge in [0, 0.05) is 13.1 Å². The van der Waals surface area contributed by atoms with Gasteiger partial charge in [-0.25, -0.2) is 0 Å². The molecule has 2 rings (SSSR count). The Bertz CT molecular complexity index is 354. The SMILES string of the molecule is CC(C)CNCc1ccccc1CN1CCCC1. The molecular formula is C16H26N2. The molecule has 2 heteroatoms. The Morgan fingerprint density at radius 1 is 1.11 bits per heavy atom. The number of nitrogens with one attached hydrogen (secondary N) is 1. The van der Waals surface area contributed by atoms with Crippen molar-refractivity contribution in [3.8, 4) is 0 Å². The lowest BCUT2D eigenvalue weighted by Gasteiger charge is -2.18. The van der Waals surface area contributed by atoms with E-state index in [1.807, 2.05) is 0 Å². The highest BCUT2D eigenvalue weighted by Crippen LogP contribution is 2.16. The van der Waals surface area contributed by atoms with Crippen molar-refractivity contribution in [2.45, 2.75) is 39.8 Å². The van der Waals surface area contributed by atoms with Crippen molar-refractivity contribution in [1.29, 1.82) is 0 Å². The zero-order chi connectivity index (χ0) is 12.8. The second-order valence-corrected chi connectivity index (χ2v) is 5.78. The van der Waals surface area contributed by atoms with Gasteiger partial charge in [-0.2, -0.15) is 0 Å². The van der Waals surface area contributed by atoms with Crippen LogP contribution in [0.3, 0.4) is 0 Å². The van der Waals surface area contributed by atoms with E-state index in [0.29, 0.717) is 0 Å². The van der Waals surface area contributed by atoms with Gasteiger partial charge in [0.15, 0.2) is 0 Å². The van der Waals surface area contributed by atoms with Crippen molar-refractivity contribution < 1.29 is 0 Å². The van der Waals surface area contributed by atoms with E-state index in [0.717, 1.165) is 25.6 Å². The van der Waals surface area contributed by atoms with Crippen LogP contribution < -0.4 is 5.32 Å². The third-order valence-corrected chi connectivity index (χ3v) is 3.58. The Hall–Kier alpha value is -0.860. The first kappa shape index (κ1) is 13.6. The molecule has 1 aromatic rings. The molecular weight excluding hydrogens is 220 g/mol. The van der Waals surface area contributed by atoms with Crippen LogP contribution >= 0.6 is 0 Å². The molecule has 1 aromatic carbocycles. The highest BCUT2D eigenvalue weighted by molar-refractivity contribution is 5.27. The number of hydrogen-bond donors (Lipinski definition) is 1. The average Bonchev–Trinajstić information content (AvgIpc) is 2.84. The second kappa shape index (κ2) is 6.91. The predicted octanol–water partition coefficient (Wildman–Crippen LogP) is 3.03. The van der Waals surface area contributed by atoms with Gasteiger partial charge in [-0.1, -0.05) is 38.1 Å². The van der Waals surface area contributed by atoms with Crippen LogP contribution in [0.1, 0.15) is 37.8 Å². The fourth-order valence-electron chi connectivity index (χ4n) is 2.56. The molecule has 0 bridgehead atoms. The molecule has 1 saturated heterocycles. The number of benzene rings is 1. The third-order valence-electron chi connectivity index (χ3n) is 3.58. The van der Waals surface area contributed by atoms with Gasteiger partial charge in [0.05, 0.1) is 0 Å². The topological polar surface area (TPSA) is 15.3 Å². The summed E-state index contributed by atoms with van der Waals surface area (Å²) in [6.07, 6.45) is 2.74. The standard InChI is InChI=1S/C16H26N2/c1-14(2)11-17-12-15-7-3-4-8-16(15)13-18-9-5-6-10-18/h3-4,7-8,14,17H,5-6,9-13H2,1-2H3. The Morgan fingerprint density at radius 3 is 2.44 bits per heavy atom. The van der Waals surface area contributed by atoms with E-state index >= 15 is 0 Å². The molecule has 0 unspecified atom stereocenters. The molecule has 0 atom stereocenters. The molecule has 1 fully saturated rings. The lowest BCUT2D eigenvalue weighted by Crippen LogP contribution is -2.22. The minimum Gasteiger partial charge on any atom is -0.312 e. The Morgan fingerprint density at radius 2 is 1.78 bits per heavy atom. The fourth-order valence-corrected chi connectivity index (χ4v) is 2.56. The summed E-state index contributed by atoms with van der Waals surface area (Å²) in [4.78, 5) is 2.57. The summed E-state index contributed by atoms with van der Waals surface area (Å²) in [7, 11) is 0. The summed E-state index contributed by atoms with van der Waals surface area (Å²) >= 11 is 0. The van der Waals surface area contributed by atoms with Crippen molar-refractivity contribution in [3.05, 3.63) is 35.4 Å². The first-order valence-corrected chi connectivity index (χ1v) is 7.25. The largest absolute Gasteiger partial charge is 0.312 e. The molecule has 0 spiro atoms. The molecule has 18 heavy (non-hydrogen) atoms. The maximum absolute atomic E-state index is 3.55. The van der Waals surface area contributed by atoms with Crippen LogP contribution in [0.25, 0.3) is 0 Å². The molecule has 0 saturated carbocycles. The minimum absolute atomic E-state index is 0.718. The monoisotopic (exact) mass is 246 g/mol. The van der Waals surface area contributed by atoms with Crippen LogP contribution in [-0.2, 0) is 13.1 Å². The van der Waals surface area contributed by atoms with Gasteiger partial charge >= 0.3 is 0 Å². The molecule has 1 heterocycles. The lowest BCUT2D eigenvalue weighted by atomic mass is 10.1. The molecule has 2 nitrogen and oxygen atoms in total. The Labute approximate surface area is 111 Å². The molecule has 0 aromatic heterocycles. The average molecular weight is 246 g/mol. The minimum atomic E-state index is 0.718. The van der Waals surface area contributed by atoms with Gasteiger partial charge in [-0.3, -0.25) is 4.90 Å². The number of hydrogen-bond acceptors (Lipinski definition) is 2. The molecule has 1 aliphatic rings. The molecule has 1 N–H and O–H groups in total. The maximum Gasteiger partial charge on any atom is 0.0236 e. The van der Waals surface area contributed by atoms with E-state index in [1.54, 1.807) is 0 Å². The summed E-state index contributed by atoms with van der Waals surface area (Å²) in [5.74, 6) is 0.718. The third kappa shape index (κ3) is 4.11. The van der Waals surface area contributed by atoms with Gasteiger partial charge < -0.3 is 5.32 Å². The number of nitrogens with zero attached hydrogens (tertiary/aromatic N) is 1.